The van der Waals surface area contributed by atoms with Crippen LogP contribution in [0.1, 0.15) is 25.0 Å². The fourth-order valence-electron chi connectivity index (χ4n) is 8.48. The van der Waals surface area contributed by atoms with Gasteiger partial charge in [0.25, 0.3) is 0 Å². The van der Waals surface area contributed by atoms with Crippen LogP contribution in [-0.4, -0.2) is 8.42 Å². The molecular weight excluding hydrogens is 643 g/mol. The average Bonchev–Trinajstić information content (AvgIpc) is 3.54. The zero-order valence-electron chi connectivity index (χ0n) is 28.3. The SMILES string of the molecule is CC1(C)c2ccccc2-c2ccc(N(c3ccc(-c4ccc5c(c4)-c4ccccc4S5(=O)=O)cc3)c3cc4ccccc4c4ccccc34)cc21. The third kappa shape index (κ3) is 4.33. The maximum atomic E-state index is 13.3. The predicted molar refractivity (Wildman–Crippen MR) is 210 cm³/mol. The summed E-state index contributed by atoms with van der Waals surface area (Å²) in [6.45, 7) is 4.65. The summed E-state index contributed by atoms with van der Waals surface area (Å²) in [7, 11) is -3.51. The van der Waals surface area contributed by atoms with Gasteiger partial charge in [0.2, 0.25) is 9.84 Å². The van der Waals surface area contributed by atoms with E-state index >= 15 is 0 Å². The van der Waals surface area contributed by atoms with E-state index in [9.17, 15) is 8.42 Å². The van der Waals surface area contributed by atoms with Gasteiger partial charge < -0.3 is 4.90 Å². The molecule has 0 saturated carbocycles. The molecule has 51 heavy (non-hydrogen) atoms. The molecule has 3 nitrogen and oxygen atoms in total. The smallest absolute Gasteiger partial charge is 0.207 e. The Kier molecular flexibility index (Phi) is 6.31. The van der Waals surface area contributed by atoms with Crippen LogP contribution in [0.15, 0.2) is 174 Å². The third-order valence-electron chi connectivity index (χ3n) is 11.0. The number of benzene rings is 8. The standard InChI is InChI=1S/C47H33NO2S/c1-47(2)42-17-9-7-14-37(42)38-25-24-34(29-43(38)47)48(44-28-32-11-3-4-12-35(32)36-13-5-6-15-39(36)44)33-22-19-30(20-23-33)31-21-26-46-41(27-31)40-16-8-10-18-45(40)51(46,49)50/h3-29H,1-2H3. The molecule has 0 aromatic heterocycles. The first-order chi connectivity index (χ1) is 24.8. The van der Waals surface area contributed by atoms with Gasteiger partial charge >= 0.3 is 0 Å². The number of nitrogens with zero attached hydrogens (tertiary/aromatic N) is 1. The maximum Gasteiger partial charge on any atom is 0.207 e. The summed E-state index contributed by atoms with van der Waals surface area (Å²) < 4.78 is 26.5. The Morgan fingerprint density at radius 1 is 0.451 bits per heavy atom. The first kappa shape index (κ1) is 29.9. The molecule has 2 aliphatic rings. The number of fused-ring (bicyclic) bond motifs is 9. The lowest BCUT2D eigenvalue weighted by atomic mass is 9.82. The Bertz CT molecular complexity index is 2850. The van der Waals surface area contributed by atoms with Gasteiger partial charge in [-0.25, -0.2) is 8.42 Å². The highest BCUT2D eigenvalue weighted by molar-refractivity contribution is 7.92. The molecule has 0 bridgehead atoms. The van der Waals surface area contributed by atoms with Crippen molar-refractivity contribution in [3.8, 4) is 33.4 Å². The molecular formula is C47H33NO2S. The van der Waals surface area contributed by atoms with E-state index in [1.165, 1.54) is 43.8 Å². The van der Waals surface area contributed by atoms with Gasteiger partial charge in [-0.05, 0) is 98.1 Å². The van der Waals surface area contributed by atoms with Crippen molar-refractivity contribution in [1.82, 2.24) is 0 Å². The normalized spacial score (nSPS) is 14.5. The fourth-order valence-corrected chi connectivity index (χ4v) is 10.1. The summed E-state index contributed by atoms with van der Waals surface area (Å²) in [6, 6.07) is 57.0. The lowest BCUT2D eigenvalue weighted by Gasteiger charge is -2.29. The molecule has 4 heteroatoms. The minimum Gasteiger partial charge on any atom is -0.310 e. The highest BCUT2D eigenvalue weighted by Crippen LogP contribution is 2.51. The molecule has 0 unspecified atom stereocenters. The fraction of sp³-hybridized carbons (Fsp3) is 0.0638. The second-order valence-corrected chi connectivity index (χ2v) is 16.0. The summed E-state index contributed by atoms with van der Waals surface area (Å²) in [4.78, 5) is 3.15. The summed E-state index contributed by atoms with van der Waals surface area (Å²) in [6.07, 6.45) is 0. The van der Waals surface area contributed by atoms with Crippen molar-refractivity contribution in [3.63, 3.8) is 0 Å². The van der Waals surface area contributed by atoms with Crippen LogP contribution in [0, 0.1) is 0 Å². The second-order valence-electron chi connectivity index (χ2n) is 14.2. The van der Waals surface area contributed by atoms with E-state index in [0.717, 1.165) is 39.3 Å². The zero-order valence-corrected chi connectivity index (χ0v) is 29.1. The van der Waals surface area contributed by atoms with Gasteiger partial charge in [-0.2, -0.15) is 0 Å². The topological polar surface area (TPSA) is 37.4 Å². The Balaban J connectivity index is 1.15. The molecule has 0 amide bonds. The van der Waals surface area contributed by atoms with E-state index in [0.29, 0.717) is 9.79 Å². The molecule has 0 saturated heterocycles. The van der Waals surface area contributed by atoms with Crippen LogP contribution in [0.4, 0.5) is 17.1 Å². The minimum absolute atomic E-state index is 0.136. The summed E-state index contributed by atoms with van der Waals surface area (Å²) in [5.74, 6) is 0. The predicted octanol–water partition coefficient (Wildman–Crippen LogP) is 12.2. The van der Waals surface area contributed by atoms with E-state index in [1.54, 1.807) is 18.2 Å². The molecule has 0 fully saturated rings. The minimum atomic E-state index is -3.51. The first-order valence-corrected chi connectivity index (χ1v) is 18.8. The van der Waals surface area contributed by atoms with Crippen LogP contribution in [0.5, 0.6) is 0 Å². The number of hydrogen-bond acceptors (Lipinski definition) is 3. The number of hydrogen-bond donors (Lipinski definition) is 0. The van der Waals surface area contributed by atoms with Crippen molar-refractivity contribution < 1.29 is 8.42 Å². The molecule has 0 spiro atoms. The van der Waals surface area contributed by atoms with Crippen LogP contribution in [0.2, 0.25) is 0 Å². The van der Waals surface area contributed by atoms with Crippen LogP contribution in [0.25, 0.3) is 54.9 Å². The lowest BCUT2D eigenvalue weighted by molar-refractivity contribution is 0.598. The van der Waals surface area contributed by atoms with Crippen LogP contribution < -0.4 is 4.90 Å². The first-order valence-electron chi connectivity index (χ1n) is 17.3. The molecule has 8 aromatic rings. The van der Waals surface area contributed by atoms with Crippen LogP contribution in [0.3, 0.4) is 0 Å². The molecule has 0 N–H and O–H groups in total. The molecule has 8 aromatic carbocycles. The molecule has 10 rings (SSSR count). The van der Waals surface area contributed by atoms with Crippen LogP contribution in [-0.2, 0) is 15.3 Å². The summed E-state index contributed by atoms with van der Waals surface area (Å²) in [5, 5.41) is 4.82. The number of rotatable bonds is 4. The van der Waals surface area contributed by atoms with Gasteiger partial charge in [0.15, 0.2) is 0 Å². The number of anilines is 3. The van der Waals surface area contributed by atoms with Crippen molar-refractivity contribution in [2.45, 2.75) is 29.1 Å². The van der Waals surface area contributed by atoms with Gasteiger partial charge in [-0.3, -0.25) is 0 Å². The van der Waals surface area contributed by atoms with Gasteiger partial charge in [-0.15, -0.1) is 0 Å². The van der Waals surface area contributed by atoms with Crippen molar-refractivity contribution in [1.29, 1.82) is 0 Å². The monoisotopic (exact) mass is 675 g/mol. The Hall–Kier alpha value is -5.97. The Morgan fingerprint density at radius 3 is 1.88 bits per heavy atom. The molecule has 0 radical (unpaired) electrons. The van der Waals surface area contributed by atoms with Crippen molar-refractivity contribution >= 4 is 48.4 Å². The molecule has 1 heterocycles. The molecule has 244 valence electrons. The van der Waals surface area contributed by atoms with E-state index < -0.39 is 9.84 Å². The highest BCUT2D eigenvalue weighted by atomic mass is 32.2. The highest BCUT2D eigenvalue weighted by Gasteiger charge is 2.36. The molecule has 1 aliphatic carbocycles. The number of sulfone groups is 1. The van der Waals surface area contributed by atoms with Crippen LogP contribution >= 0.6 is 0 Å². The van der Waals surface area contributed by atoms with Crippen molar-refractivity contribution in [3.05, 3.63) is 175 Å². The van der Waals surface area contributed by atoms with Gasteiger partial charge in [0, 0.05) is 33.3 Å². The van der Waals surface area contributed by atoms with Crippen molar-refractivity contribution in [2.75, 3.05) is 4.90 Å². The van der Waals surface area contributed by atoms with Gasteiger partial charge in [-0.1, -0.05) is 129 Å². The van der Waals surface area contributed by atoms with Gasteiger partial charge in [0.1, 0.15) is 0 Å². The largest absolute Gasteiger partial charge is 0.310 e. The average molecular weight is 676 g/mol. The maximum absolute atomic E-state index is 13.3. The van der Waals surface area contributed by atoms with Gasteiger partial charge in [0.05, 0.1) is 15.5 Å². The Labute approximate surface area is 298 Å². The quantitative estimate of drug-likeness (QED) is 0.174. The third-order valence-corrected chi connectivity index (χ3v) is 12.9. The second kappa shape index (κ2) is 10.8. The summed E-state index contributed by atoms with van der Waals surface area (Å²) >= 11 is 0. The molecule has 0 atom stereocenters. The molecule has 1 aliphatic heterocycles. The van der Waals surface area contributed by atoms with E-state index in [1.807, 2.05) is 24.3 Å². The summed E-state index contributed by atoms with van der Waals surface area (Å²) in [5.41, 5.74) is 11.9. The van der Waals surface area contributed by atoms with E-state index in [-0.39, 0.29) is 5.41 Å². The van der Waals surface area contributed by atoms with E-state index in [2.05, 4.69) is 140 Å². The van der Waals surface area contributed by atoms with E-state index in [4.69, 9.17) is 0 Å². The Morgan fingerprint density at radius 2 is 1.06 bits per heavy atom. The van der Waals surface area contributed by atoms with Crippen molar-refractivity contribution in [2.24, 2.45) is 0 Å². The zero-order chi connectivity index (χ0) is 34.5. The lowest BCUT2D eigenvalue weighted by Crippen LogP contribution is -2.16.